The molecule has 1 aliphatic carbocycles. The monoisotopic (exact) mass is 416 g/mol. The van der Waals surface area contributed by atoms with Crippen molar-refractivity contribution in [2.45, 2.75) is 50.9 Å². The normalized spacial score (nSPS) is 16.0. The number of carbonyl (C=O) groups is 1. The van der Waals surface area contributed by atoms with Crippen LogP contribution in [0.4, 0.5) is 0 Å². The van der Waals surface area contributed by atoms with Crippen LogP contribution in [-0.4, -0.2) is 26.3 Å². The van der Waals surface area contributed by atoms with Crippen LogP contribution in [-0.2, 0) is 14.3 Å². The third-order valence-electron chi connectivity index (χ3n) is 5.42. The van der Waals surface area contributed by atoms with Gasteiger partial charge in [0.25, 0.3) is 0 Å². The van der Waals surface area contributed by atoms with Crippen LogP contribution in [0.5, 0.6) is 11.5 Å². The standard InChI is InChI=1S/C18H26O3.C6H3ClO/c1-14(19)21-13-18(12-20-2)17-10-8-16(9-11-17)15-6-4-3-5-7-15;7-4-1-2-5-6(3-4)8-5/h8-11,15,18H,3-7,12-13H2,1-2H3;1-3H. The average Bonchev–Trinajstić information content (AvgIpc) is 3.51. The second-order valence-electron chi connectivity index (χ2n) is 7.65. The first-order chi connectivity index (χ1) is 14.1. The molecule has 4 nitrogen and oxygen atoms in total. The number of ether oxygens (including phenoxy) is 3. The molecule has 156 valence electrons. The van der Waals surface area contributed by atoms with Gasteiger partial charge in [0.05, 0.1) is 6.61 Å². The Hall–Kier alpha value is -2.04. The van der Waals surface area contributed by atoms with Gasteiger partial charge >= 0.3 is 5.97 Å². The summed E-state index contributed by atoms with van der Waals surface area (Å²) >= 11 is 5.60. The summed E-state index contributed by atoms with van der Waals surface area (Å²) < 4.78 is 15.3. The third kappa shape index (κ3) is 6.76. The van der Waals surface area contributed by atoms with Gasteiger partial charge in [-0.3, -0.25) is 4.79 Å². The molecule has 0 aromatic heterocycles. The van der Waals surface area contributed by atoms with E-state index in [1.807, 2.05) is 12.1 Å². The predicted octanol–water partition coefficient (Wildman–Crippen LogP) is 6.47. The summed E-state index contributed by atoms with van der Waals surface area (Å²) in [5.74, 6) is 2.46. The molecule has 2 aromatic rings. The summed E-state index contributed by atoms with van der Waals surface area (Å²) in [5.41, 5.74) is 2.62. The van der Waals surface area contributed by atoms with Crippen LogP contribution in [0.2, 0.25) is 5.02 Å². The van der Waals surface area contributed by atoms with Gasteiger partial charge in [0.15, 0.2) is 11.5 Å². The Balaban J connectivity index is 0.000000246. The van der Waals surface area contributed by atoms with Gasteiger partial charge < -0.3 is 14.2 Å². The van der Waals surface area contributed by atoms with Crippen molar-refractivity contribution < 1.29 is 19.0 Å². The molecule has 1 unspecified atom stereocenters. The van der Waals surface area contributed by atoms with Crippen molar-refractivity contribution in [2.24, 2.45) is 0 Å². The molecule has 29 heavy (non-hydrogen) atoms. The molecule has 1 heterocycles. The van der Waals surface area contributed by atoms with Crippen molar-refractivity contribution >= 4 is 17.6 Å². The second kappa shape index (κ2) is 10.7. The maximum absolute atomic E-state index is 11.0. The van der Waals surface area contributed by atoms with Crippen molar-refractivity contribution in [3.8, 4) is 11.5 Å². The van der Waals surface area contributed by atoms with Crippen molar-refractivity contribution in [3.63, 3.8) is 0 Å². The first-order valence-electron chi connectivity index (χ1n) is 10.3. The molecule has 1 fully saturated rings. The summed E-state index contributed by atoms with van der Waals surface area (Å²) in [5, 5.41) is 0.737. The van der Waals surface area contributed by atoms with Crippen molar-refractivity contribution in [1.82, 2.24) is 0 Å². The molecule has 0 N–H and O–H groups in total. The van der Waals surface area contributed by atoms with Crippen molar-refractivity contribution in [1.29, 1.82) is 0 Å². The lowest BCUT2D eigenvalue weighted by atomic mass is 9.83. The average molecular weight is 417 g/mol. The molecular weight excluding hydrogens is 388 g/mol. The van der Waals surface area contributed by atoms with Gasteiger partial charge in [-0.25, -0.2) is 0 Å². The molecule has 2 aromatic carbocycles. The van der Waals surface area contributed by atoms with Gasteiger partial charge in [0, 0.05) is 31.0 Å². The smallest absolute Gasteiger partial charge is 0.302 e. The number of rotatable bonds is 6. The van der Waals surface area contributed by atoms with Gasteiger partial charge in [-0.1, -0.05) is 55.1 Å². The Morgan fingerprint density at radius 1 is 1.07 bits per heavy atom. The fourth-order valence-electron chi connectivity index (χ4n) is 3.77. The van der Waals surface area contributed by atoms with E-state index in [-0.39, 0.29) is 11.9 Å². The number of fused-ring (bicyclic) bond motifs is 1. The summed E-state index contributed by atoms with van der Waals surface area (Å²) in [6, 6.07) is 14.3. The lowest BCUT2D eigenvalue weighted by Gasteiger charge is -2.23. The molecule has 0 bridgehead atoms. The number of halogens is 1. The SMILES string of the molecule is COCC(COC(C)=O)c1ccc(C2CCCCC2)cc1.Clc1ccc2c(c1)O2. The Kier molecular flexibility index (Phi) is 7.96. The van der Waals surface area contributed by atoms with E-state index >= 15 is 0 Å². The fourth-order valence-corrected chi connectivity index (χ4v) is 3.94. The summed E-state index contributed by atoms with van der Waals surface area (Å²) in [6.07, 6.45) is 6.71. The van der Waals surface area contributed by atoms with E-state index in [1.165, 1.54) is 50.2 Å². The Morgan fingerprint density at radius 3 is 2.38 bits per heavy atom. The molecule has 4 rings (SSSR count). The van der Waals surface area contributed by atoms with Crippen LogP contribution in [0.25, 0.3) is 0 Å². The first kappa shape index (κ1) is 21.7. The molecule has 0 spiro atoms. The van der Waals surface area contributed by atoms with E-state index in [2.05, 4.69) is 24.3 Å². The number of esters is 1. The third-order valence-corrected chi connectivity index (χ3v) is 5.66. The van der Waals surface area contributed by atoms with Gasteiger partial charge in [-0.05, 0) is 42.0 Å². The van der Waals surface area contributed by atoms with Crippen LogP contribution >= 0.6 is 11.6 Å². The van der Waals surface area contributed by atoms with Crippen molar-refractivity contribution in [2.75, 3.05) is 20.3 Å². The second-order valence-corrected chi connectivity index (χ2v) is 8.09. The number of methoxy groups -OCH3 is 1. The molecule has 1 saturated carbocycles. The van der Waals surface area contributed by atoms with Crippen LogP contribution in [0.15, 0.2) is 42.5 Å². The van der Waals surface area contributed by atoms with E-state index in [1.54, 1.807) is 13.2 Å². The largest absolute Gasteiger partial charge is 0.465 e. The topological polar surface area (TPSA) is 48.1 Å². The number of carbonyl (C=O) groups excluding carboxylic acids is 1. The highest BCUT2D eigenvalue weighted by Gasteiger charge is 2.18. The quantitative estimate of drug-likeness (QED) is 0.341. The van der Waals surface area contributed by atoms with Gasteiger partial charge in [0.1, 0.15) is 6.61 Å². The van der Waals surface area contributed by atoms with Crippen LogP contribution in [0.3, 0.4) is 0 Å². The Bertz CT molecular complexity index is 796. The maximum Gasteiger partial charge on any atom is 0.302 e. The van der Waals surface area contributed by atoms with Crippen LogP contribution in [0, 0.1) is 0 Å². The maximum atomic E-state index is 11.0. The predicted molar refractivity (Wildman–Crippen MR) is 115 cm³/mol. The first-order valence-corrected chi connectivity index (χ1v) is 10.6. The number of hydrogen-bond acceptors (Lipinski definition) is 4. The van der Waals surface area contributed by atoms with E-state index < -0.39 is 0 Å². The summed E-state index contributed by atoms with van der Waals surface area (Å²) in [6.45, 7) is 2.39. The fraction of sp³-hybridized carbons (Fsp3) is 0.458. The van der Waals surface area contributed by atoms with E-state index in [0.717, 1.165) is 22.4 Å². The molecule has 1 aliphatic heterocycles. The van der Waals surface area contributed by atoms with Gasteiger partial charge in [0.2, 0.25) is 0 Å². The summed E-state index contributed by atoms with van der Waals surface area (Å²) in [7, 11) is 1.68. The minimum Gasteiger partial charge on any atom is -0.465 e. The lowest BCUT2D eigenvalue weighted by Crippen LogP contribution is -2.15. The van der Waals surface area contributed by atoms with Crippen LogP contribution in [0.1, 0.15) is 62.0 Å². The zero-order chi connectivity index (χ0) is 20.6. The molecule has 0 saturated heterocycles. The molecule has 5 heteroatoms. The highest BCUT2D eigenvalue weighted by molar-refractivity contribution is 6.30. The van der Waals surface area contributed by atoms with E-state index in [9.17, 15) is 4.79 Å². The van der Waals surface area contributed by atoms with Gasteiger partial charge in [-0.15, -0.1) is 0 Å². The van der Waals surface area contributed by atoms with E-state index in [4.69, 9.17) is 25.8 Å². The highest BCUT2D eigenvalue weighted by Crippen LogP contribution is 2.46. The molecule has 0 radical (unpaired) electrons. The molecule has 2 aliphatic rings. The van der Waals surface area contributed by atoms with Gasteiger partial charge in [-0.2, -0.15) is 0 Å². The molecule has 1 atom stereocenters. The highest BCUT2D eigenvalue weighted by atomic mass is 35.5. The minimum absolute atomic E-state index is 0.110. The Morgan fingerprint density at radius 2 is 1.79 bits per heavy atom. The molecule has 0 amide bonds. The Labute approximate surface area is 178 Å². The number of hydrogen-bond donors (Lipinski definition) is 0. The lowest BCUT2D eigenvalue weighted by molar-refractivity contribution is -0.141. The summed E-state index contributed by atoms with van der Waals surface area (Å²) in [4.78, 5) is 11.0. The zero-order valence-electron chi connectivity index (χ0n) is 17.2. The molecular formula is C24H29ClO4. The van der Waals surface area contributed by atoms with Crippen molar-refractivity contribution in [3.05, 3.63) is 58.6 Å². The minimum atomic E-state index is -0.241. The zero-order valence-corrected chi connectivity index (χ0v) is 17.9. The van der Waals surface area contributed by atoms with E-state index in [0.29, 0.717) is 13.2 Å². The van der Waals surface area contributed by atoms with Crippen LogP contribution < -0.4 is 4.74 Å². The number of benzene rings is 2.